The average molecular weight is 258 g/mol. The van der Waals surface area contributed by atoms with E-state index in [4.69, 9.17) is 5.11 Å². The number of hydrogen-bond acceptors (Lipinski definition) is 3. The van der Waals surface area contributed by atoms with Gasteiger partial charge in [0, 0.05) is 18.7 Å². The molecule has 0 aromatic carbocycles. The van der Waals surface area contributed by atoms with Gasteiger partial charge >= 0.3 is 6.18 Å². The fraction of sp³-hybridized carbons (Fsp3) is 0.583. The highest BCUT2D eigenvalue weighted by Gasteiger charge is 2.46. The van der Waals surface area contributed by atoms with Crippen LogP contribution in [0, 0.1) is 11.8 Å². The van der Waals surface area contributed by atoms with E-state index in [9.17, 15) is 13.2 Å². The highest BCUT2D eigenvalue weighted by Crippen LogP contribution is 2.46. The van der Waals surface area contributed by atoms with Crippen molar-refractivity contribution in [2.45, 2.75) is 19.2 Å². The molecule has 1 N–H and O–H groups in total. The van der Waals surface area contributed by atoms with Crippen LogP contribution in [0.2, 0.25) is 0 Å². The van der Waals surface area contributed by atoms with E-state index in [0.29, 0.717) is 17.7 Å². The van der Waals surface area contributed by atoms with Crippen molar-refractivity contribution in [1.29, 1.82) is 0 Å². The van der Waals surface area contributed by atoms with Crippen molar-refractivity contribution >= 4 is 5.82 Å². The molecule has 1 aliphatic heterocycles. The van der Waals surface area contributed by atoms with E-state index >= 15 is 0 Å². The number of piperidine rings is 1. The molecule has 1 aromatic rings. The molecule has 18 heavy (non-hydrogen) atoms. The predicted octanol–water partition coefficient (Wildman–Crippen LogP) is 2.05. The summed E-state index contributed by atoms with van der Waals surface area (Å²) < 4.78 is 38.4. The van der Waals surface area contributed by atoms with E-state index in [1.54, 1.807) is 6.07 Å². The second-order valence-corrected chi connectivity index (χ2v) is 4.99. The van der Waals surface area contributed by atoms with Crippen LogP contribution >= 0.6 is 0 Å². The largest absolute Gasteiger partial charge is 0.433 e. The van der Waals surface area contributed by atoms with E-state index in [0.717, 1.165) is 13.1 Å². The Kier molecular flexibility index (Phi) is 2.52. The lowest BCUT2D eigenvalue weighted by Crippen LogP contribution is -2.24. The maximum atomic E-state index is 12.8. The maximum absolute atomic E-state index is 12.8. The van der Waals surface area contributed by atoms with Crippen LogP contribution in [0.5, 0.6) is 0 Å². The molecule has 2 atom stereocenters. The summed E-state index contributed by atoms with van der Waals surface area (Å²) in [5.41, 5.74) is -1.14. The number of fused-ring (bicyclic) bond motifs is 1. The van der Waals surface area contributed by atoms with Gasteiger partial charge in [-0.3, -0.25) is 0 Å². The number of alkyl halides is 3. The first-order valence-electron chi connectivity index (χ1n) is 5.92. The molecule has 2 fully saturated rings. The molecule has 2 heterocycles. The van der Waals surface area contributed by atoms with Crippen LogP contribution in [0.4, 0.5) is 19.0 Å². The van der Waals surface area contributed by atoms with Crippen molar-refractivity contribution in [3.63, 3.8) is 0 Å². The zero-order chi connectivity index (χ0) is 12.9. The fourth-order valence-electron chi connectivity index (χ4n) is 2.61. The van der Waals surface area contributed by atoms with Crippen molar-refractivity contribution in [3.05, 3.63) is 23.4 Å². The molecule has 6 heteroatoms. The Bertz CT molecular complexity index is 465. The maximum Gasteiger partial charge on any atom is 0.433 e. The molecular weight excluding hydrogens is 245 g/mol. The summed E-state index contributed by atoms with van der Waals surface area (Å²) in [5.74, 6) is 1.64. The van der Waals surface area contributed by atoms with E-state index < -0.39 is 18.5 Å². The lowest BCUT2D eigenvalue weighted by Gasteiger charge is -2.21. The van der Waals surface area contributed by atoms with Crippen molar-refractivity contribution in [3.8, 4) is 0 Å². The lowest BCUT2D eigenvalue weighted by atomic mass is 10.2. The third-order valence-electron chi connectivity index (χ3n) is 3.71. The minimum absolute atomic E-state index is 0.171. The summed E-state index contributed by atoms with van der Waals surface area (Å²) in [6, 6.07) is 2.88. The van der Waals surface area contributed by atoms with Gasteiger partial charge in [-0.25, -0.2) is 4.98 Å². The van der Waals surface area contributed by atoms with Crippen LogP contribution in [0.3, 0.4) is 0 Å². The monoisotopic (exact) mass is 258 g/mol. The van der Waals surface area contributed by atoms with Crippen LogP contribution in [0.15, 0.2) is 12.1 Å². The summed E-state index contributed by atoms with van der Waals surface area (Å²) in [7, 11) is 0. The van der Waals surface area contributed by atoms with Gasteiger partial charge < -0.3 is 10.0 Å². The normalized spacial score (nSPS) is 26.3. The number of anilines is 1. The smallest absolute Gasteiger partial charge is 0.392 e. The molecule has 0 spiro atoms. The number of aliphatic hydroxyl groups is 1. The molecule has 1 aromatic heterocycles. The number of aliphatic hydroxyl groups excluding tert-OH is 1. The quantitative estimate of drug-likeness (QED) is 0.882. The zero-order valence-electron chi connectivity index (χ0n) is 9.61. The molecule has 1 saturated carbocycles. The first kappa shape index (κ1) is 11.8. The molecule has 1 saturated heterocycles. The van der Waals surface area contributed by atoms with Gasteiger partial charge in [-0.05, 0) is 24.3 Å². The Labute approximate surface area is 102 Å². The van der Waals surface area contributed by atoms with Crippen molar-refractivity contribution in [2.75, 3.05) is 18.0 Å². The molecule has 3 nitrogen and oxygen atoms in total. The lowest BCUT2D eigenvalue weighted by molar-refractivity contribution is -0.142. The summed E-state index contributed by atoms with van der Waals surface area (Å²) in [6.07, 6.45) is -3.33. The number of hydrogen-bond donors (Lipinski definition) is 1. The molecule has 0 amide bonds. The molecule has 0 radical (unpaired) electrons. The SMILES string of the molecule is OCc1ccc(N2CC3CC3C2)nc1C(F)(F)F. The third kappa shape index (κ3) is 1.94. The van der Waals surface area contributed by atoms with Gasteiger partial charge in [-0.1, -0.05) is 6.07 Å². The van der Waals surface area contributed by atoms with Crippen molar-refractivity contribution in [2.24, 2.45) is 11.8 Å². The Morgan fingerprint density at radius 2 is 1.94 bits per heavy atom. The number of rotatable bonds is 2. The minimum Gasteiger partial charge on any atom is -0.392 e. The van der Waals surface area contributed by atoms with E-state index in [1.165, 1.54) is 12.5 Å². The molecule has 2 aliphatic rings. The van der Waals surface area contributed by atoms with E-state index in [2.05, 4.69) is 4.98 Å². The van der Waals surface area contributed by atoms with E-state index in [-0.39, 0.29) is 5.56 Å². The van der Waals surface area contributed by atoms with Gasteiger partial charge in [0.25, 0.3) is 0 Å². The highest BCUT2D eigenvalue weighted by molar-refractivity contribution is 5.45. The summed E-state index contributed by atoms with van der Waals surface area (Å²) in [4.78, 5) is 5.59. The Hall–Kier alpha value is -1.30. The fourth-order valence-corrected chi connectivity index (χ4v) is 2.61. The van der Waals surface area contributed by atoms with Crippen LogP contribution in [-0.4, -0.2) is 23.2 Å². The van der Waals surface area contributed by atoms with Gasteiger partial charge in [-0.15, -0.1) is 0 Å². The molecule has 0 bridgehead atoms. The number of nitrogens with zero attached hydrogens (tertiary/aromatic N) is 2. The van der Waals surface area contributed by atoms with Gasteiger partial charge in [0.05, 0.1) is 6.61 Å². The van der Waals surface area contributed by atoms with Gasteiger partial charge in [-0.2, -0.15) is 13.2 Å². The molecule has 2 unspecified atom stereocenters. The van der Waals surface area contributed by atoms with Crippen molar-refractivity contribution < 1.29 is 18.3 Å². The highest BCUT2D eigenvalue weighted by atomic mass is 19.4. The van der Waals surface area contributed by atoms with E-state index in [1.807, 2.05) is 4.90 Å². The van der Waals surface area contributed by atoms with Crippen LogP contribution in [0.1, 0.15) is 17.7 Å². The Balaban J connectivity index is 1.92. The first-order chi connectivity index (χ1) is 8.49. The summed E-state index contributed by atoms with van der Waals surface area (Å²) in [6.45, 7) is 0.953. The van der Waals surface area contributed by atoms with Gasteiger partial charge in [0.2, 0.25) is 0 Å². The first-order valence-corrected chi connectivity index (χ1v) is 5.92. The predicted molar refractivity (Wildman–Crippen MR) is 59.0 cm³/mol. The molecule has 1 aliphatic carbocycles. The van der Waals surface area contributed by atoms with Crippen LogP contribution < -0.4 is 4.90 Å². The summed E-state index contributed by atoms with van der Waals surface area (Å²) >= 11 is 0. The number of aromatic nitrogens is 1. The second kappa shape index (κ2) is 3.85. The zero-order valence-corrected chi connectivity index (χ0v) is 9.61. The second-order valence-electron chi connectivity index (χ2n) is 4.99. The molecule has 98 valence electrons. The van der Waals surface area contributed by atoms with Gasteiger partial charge in [0.1, 0.15) is 5.82 Å². The standard InChI is InChI=1S/C12H13F3N2O/c13-12(14,15)11-7(6-18)1-2-10(16-11)17-4-8-3-9(8)5-17/h1-2,8-9,18H,3-6H2. The third-order valence-corrected chi connectivity index (χ3v) is 3.71. The number of halogens is 3. The molecular formula is C12H13F3N2O. The Morgan fingerprint density at radius 1 is 1.28 bits per heavy atom. The van der Waals surface area contributed by atoms with Gasteiger partial charge in [0.15, 0.2) is 5.69 Å². The van der Waals surface area contributed by atoms with Crippen LogP contribution in [0.25, 0.3) is 0 Å². The number of pyridine rings is 1. The van der Waals surface area contributed by atoms with Crippen LogP contribution in [-0.2, 0) is 12.8 Å². The molecule has 3 rings (SSSR count). The average Bonchev–Trinajstić information content (AvgIpc) is 2.94. The minimum atomic E-state index is -4.52. The van der Waals surface area contributed by atoms with Crippen molar-refractivity contribution in [1.82, 2.24) is 4.98 Å². The Morgan fingerprint density at radius 3 is 2.50 bits per heavy atom. The topological polar surface area (TPSA) is 36.4 Å². The summed E-state index contributed by atoms with van der Waals surface area (Å²) in [5, 5.41) is 8.93.